The van der Waals surface area contributed by atoms with Crippen molar-refractivity contribution in [2.24, 2.45) is 5.92 Å². The minimum Gasteiger partial charge on any atom is -0.484 e. The van der Waals surface area contributed by atoms with Crippen LogP contribution >= 0.6 is 11.6 Å². The fourth-order valence-corrected chi connectivity index (χ4v) is 2.70. The first-order chi connectivity index (χ1) is 10.6. The van der Waals surface area contributed by atoms with E-state index in [1.54, 1.807) is 0 Å². The van der Waals surface area contributed by atoms with Crippen LogP contribution in [0.5, 0.6) is 5.75 Å². The Bertz CT molecular complexity index is 780. The van der Waals surface area contributed by atoms with Gasteiger partial charge in [-0.25, -0.2) is 4.98 Å². The monoisotopic (exact) mass is 314 g/mol. The van der Waals surface area contributed by atoms with Gasteiger partial charge < -0.3 is 9.30 Å². The number of halogens is 1. The molecule has 0 bridgehead atoms. The Morgan fingerprint density at radius 3 is 2.59 bits per heavy atom. The fraction of sp³-hybridized carbons (Fsp3) is 0.278. The average Bonchev–Trinajstić information content (AvgIpc) is 2.84. The van der Waals surface area contributed by atoms with Crippen molar-refractivity contribution in [1.29, 1.82) is 0 Å². The number of benzene rings is 2. The van der Waals surface area contributed by atoms with Crippen LogP contribution in [0.2, 0.25) is 5.02 Å². The van der Waals surface area contributed by atoms with E-state index < -0.39 is 0 Å². The topological polar surface area (TPSA) is 27.1 Å². The van der Waals surface area contributed by atoms with Crippen LogP contribution in [0.4, 0.5) is 0 Å². The Kier molecular flexibility index (Phi) is 4.34. The van der Waals surface area contributed by atoms with E-state index in [2.05, 4.69) is 24.5 Å². The SMILES string of the molecule is CC(C)Cn1c(COc2ccccc2Cl)nc2ccccc21. The predicted molar refractivity (Wildman–Crippen MR) is 90.4 cm³/mol. The van der Waals surface area contributed by atoms with Gasteiger partial charge in [0.1, 0.15) is 18.2 Å². The number of hydrogen-bond acceptors (Lipinski definition) is 2. The molecule has 3 rings (SSSR count). The van der Waals surface area contributed by atoms with Crippen LogP contribution in [0.1, 0.15) is 19.7 Å². The maximum absolute atomic E-state index is 6.14. The maximum atomic E-state index is 6.14. The summed E-state index contributed by atoms with van der Waals surface area (Å²) in [4.78, 5) is 4.71. The molecule has 22 heavy (non-hydrogen) atoms. The summed E-state index contributed by atoms with van der Waals surface area (Å²) in [6.07, 6.45) is 0. The highest BCUT2D eigenvalue weighted by Gasteiger charge is 2.12. The van der Waals surface area contributed by atoms with E-state index in [1.807, 2.05) is 42.5 Å². The average molecular weight is 315 g/mol. The van der Waals surface area contributed by atoms with E-state index in [4.69, 9.17) is 21.3 Å². The molecular formula is C18H19ClN2O. The van der Waals surface area contributed by atoms with Crippen molar-refractivity contribution in [3.63, 3.8) is 0 Å². The lowest BCUT2D eigenvalue weighted by molar-refractivity contribution is 0.288. The Morgan fingerprint density at radius 2 is 1.82 bits per heavy atom. The van der Waals surface area contributed by atoms with Gasteiger partial charge in [-0.15, -0.1) is 0 Å². The molecule has 3 aromatic rings. The van der Waals surface area contributed by atoms with Crippen molar-refractivity contribution >= 4 is 22.6 Å². The lowest BCUT2D eigenvalue weighted by Gasteiger charge is -2.13. The van der Waals surface area contributed by atoms with Crippen LogP contribution in [0, 0.1) is 5.92 Å². The fourth-order valence-electron chi connectivity index (χ4n) is 2.51. The zero-order valence-corrected chi connectivity index (χ0v) is 13.5. The number of fused-ring (bicyclic) bond motifs is 1. The van der Waals surface area contributed by atoms with Crippen molar-refractivity contribution < 1.29 is 4.74 Å². The highest BCUT2D eigenvalue weighted by Crippen LogP contribution is 2.25. The van der Waals surface area contributed by atoms with Crippen LogP contribution in [0.25, 0.3) is 11.0 Å². The first-order valence-electron chi connectivity index (χ1n) is 7.46. The third-order valence-electron chi connectivity index (χ3n) is 3.47. The predicted octanol–water partition coefficient (Wildman–Crippen LogP) is 4.92. The highest BCUT2D eigenvalue weighted by molar-refractivity contribution is 6.32. The minimum absolute atomic E-state index is 0.408. The van der Waals surface area contributed by atoms with E-state index in [0.717, 1.165) is 23.4 Å². The molecule has 0 saturated heterocycles. The van der Waals surface area contributed by atoms with Crippen molar-refractivity contribution in [2.75, 3.05) is 0 Å². The molecule has 0 aliphatic rings. The van der Waals surface area contributed by atoms with Crippen molar-refractivity contribution in [1.82, 2.24) is 9.55 Å². The van der Waals surface area contributed by atoms with Gasteiger partial charge >= 0.3 is 0 Å². The van der Waals surface area contributed by atoms with Crippen molar-refractivity contribution in [2.45, 2.75) is 27.0 Å². The normalized spacial score (nSPS) is 11.3. The molecule has 0 N–H and O–H groups in total. The second-order valence-electron chi connectivity index (χ2n) is 5.74. The molecule has 0 amide bonds. The second kappa shape index (κ2) is 6.41. The minimum atomic E-state index is 0.408. The lowest BCUT2D eigenvalue weighted by Crippen LogP contribution is -2.11. The number of ether oxygens (including phenoxy) is 1. The van der Waals surface area contributed by atoms with Crippen LogP contribution < -0.4 is 4.74 Å². The quantitative estimate of drug-likeness (QED) is 0.668. The molecule has 4 heteroatoms. The molecule has 3 nitrogen and oxygen atoms in total. The Balaban J connectivity index is 1.91. The summed E-state index contributed by atoms with van der Waals surface area (Å²) in [5.74, 6) is 2.15. The first-order valence-corrected chi connectivity index (χ1v) is 7.84. The number of imidazole rings is 1. The van der Waals surface area contributed by atoms with Crippen LogP contribution in [-0.2, 0) is 13.2 Å². The van der Waals surface area contributed by atoms with Gasteiger partial charge in [0.2, 0.25) is 0 Å². The van der Waals surface area contributed by atoms with E-state index >= 15 is 0 Å². The third kappa shape index (κ3) is 3.09. The zero-order chi connectivity index (χ0) is 15.5. The molecular weight excluding hydrogens is 296 g/mol. The van der Waals surface area contributed by atoms with E-state index in [9.17, 15) is 0 Å². The van der Waals surface area contributed by atoms with Gasteiger partial charge in [0.25, 0.3) is 0 Å². The molecule has 0 spiro atoms. The number of nitrogens with zero attached hydrogens (tertiary/aromatic N) is 2. The van der Waals surface area contributed by atoms with Gasteiger partial charge in [-0.3, -0.25) is 0 Å². The summed E-state index contributed by atoms with van der Waals surface area (Å²) >= 11 is 6.14. The molecule has 0 unspecified atom stereocenters. The molecule has 0 aliphatic heterocycles. The largest absolute Gasteiger partial charge is 0.484 e. The summed E-state index contributed by atoms with van der Waals surface area (Å²) in [5.41, 5.74) is 2.15. The number of aromatic nitrogens is 2. The van der Waals surface area contributed by atoms with Gasteiger partial charge in [-0.1, -0.05) is 49.7 Å². The third-order valence-corrected chi connectivity index (χ3v) is 3.79. The summed E-state index contributed by atoms with van der Waals surface area (Å²) < 4.78 is 8.09. The standard InChI is InChI=1S/C18H19ClN2O/c1-13(2)11-21-16-9-5-4-8-15(16)20-18(21)12-22-17-10-6-3-7-14(17)19/h3-10,13H,11-12H2,1-2H3. The summed E-state index contributed by atoms with van der Waals surface area (Å²) in [6, 6.07) is 15.7. The van der Waals surface area contributed by atoms with E-state index in [1.165, 1.54) is 0 Å². The van der Waals surface area contributed by atoms with Crippen LogP contribution in [0.15, 0.2) is 48.5 Å². The van der Waals surface area contributed by atoms with E-state index in [0.29, 0.717) is 23.3 Å². The zero-order valence-electron chi connectivity index (χ0n) is 12.8. The molecule has 114 valence electrons. The van der Waals surface area contributed by atoms with E-state index in [-0.39, 0.29) is 0 Å². The Hall–Kier alpha value is -2.00. The molecule has 0 radical (unpaired) electrons. The van der Waals surface area contributed by atoms with Crippen molar-refractivity contribution in [3.05, 3.63) is 59.4 Å². The molecule has 0 aliphatic carbocycles. The highest BCUT2D eigenvalue weighted by atomic mass is 35.5. The van der Waals surface area contributed by atoms with Crippen LogP contribution in [-0.4, -0.2) is 9.55 Å². The Morgan fingerprint density at radius 1 is 1.09 bits per heavy atom. The molecule has 0 atom stereocenters. The van der Waals surface area contributed by atoms with Gasteiger partial charge in [0.15, 0.2) is 0 Å². The summed E-state index contributed by atoms with van der Waals surface area (Å²) in [5, 5.41) is 0.619. The summed E-state index contributed by atoms with van der Waals surface area (Å²) in [6.45, 7) is 5.73. The molecule has 0 saturated carbocycles. The maximum Gasteiger partial charge on any atom is 0.148 e. The van der Waals surface area contributed by atoms with Gasteiger partial charge in [-0.05, 0) is 30.2 Å². The molecule has 2 aromatic carbocycles. The Labute approximate surface area is 135 Å². The van der Waals surface area contributed by atoms with Gasteiger partial charge in [0.05, 0.1) is 16.1 Å². The number of para-hydroxylation sites is 3. The molecule has 0 fully saturated rings. The van der Waals surface area contributed by atoms with Gasteiger partial charge in [-0.2, -0.15) is 0 Å². The number of rotatable bonds is 5. The first kappa shape index (κ1) is 14.9. The molecule has 1 aromatic heterocycles. The van der Waals surface area contributed by atoms with Gasteiger partial charge in [0, 0.05) is 6.54 Å². The summed E-state index contributed by atoms with van der Waals surface area (Å²) in [7, 11) is 0. The smallest absolute Gasteiger partial charge is 0.148 e. The van der Waals surface area contributed by atoms with Crippen LogP contribution in [0.3, 0.4) is 0 Å². The van der Waals surface area contributed by atoms with Crippen molar-refractivity contribution in [3.8, 4) is 5.75 Å². The molecule has 1 heterocycles. The number of hydrogen-bond donors (Lipinski definition) is 0. The lowest BCUT2D eigenvalue weighted by atomic mass is 10.2. The second-order valence-corrected chi connectivity index (χ2v) is 6.15.